The molecule has 1 aromatic carbocycles. The van der Waals surface area contributed by atoms with Crippen molar-refractivity contribution in [3.63, 3.8) is 0 Å². The van der Waals surface area contributed by atoms with Crippen LogP contribution in [0.2, 0.25) is 0 Å². The van der Waals surface area contributed by atoms with E-state index in [0.29, 0.717) is 5.52 Å². The first-order valence-electron chi connectivity index (χ1n) is 4.14. The van der Waals surface area contributed by atoms with Gasteiger partial charge in [0.05, 0.1) is 10.4 Å². The largest absolute Gasteiger partial charge is 0.493 e. The Labute approximate surface area is 89.9 Å². The van der Waals surface area contributed by atoms with Crippen molar-refractivity contribution in [2.24, 2.45) is 10.3 Å². The van der Waals surface area contributed by atoms with E-state index in [-0.39, 0.29) is 16.0 Å². The number of nitrogens with two attached hydrogens (primary N) is 1. The fourth-order valence-corrected chi connectivity index (χ4v) is 1.95. The Hall–Kier alpha value is -1.93. The molecule has 0 unspecified atom stereocenters. The summed E-state index contributed by atoms with van der Waals surface area (Å²) in [4.78, 5) is 12.8. The zero-order valence-electron chi connectivity index (χ0n) is 7.84. The van der Waals surface area contributed by atoms with Gasteiger partial charge in [0.15, 0.2) is 5.69 Å². The second-order valence-corrected chi connectivity index (χ2v) is 4.73. The van der Waals surface area contributed by atoms with Crippen molar-refractivity contribution >= 4 is 26.6 Å². The normalized spacial score (nSPS) is 11.8. The lowest BCUT2D eigenvalue weighted by Crippen LogP contribution is -2.11. The molecule has 0 saturated heterocycles. The van der Waals surface area contributed by atoms with Gasteiger partial charge < -0.3 is 10.1 Å². The number of benzene rings is 1. The van der Waals surface area contributed by atoms with Crippen LogP contribution in [0.3, 0.4) is 0 Å². The third-order valence-electron chi connectivity index (χ3n) is 2.14. The molecule has 84 valence electrons. The Morgan fingerprint density at radius 2 is 2.06 bits per heavy atom. The van der Waals surface area contributed by atoms with E-state index in [1.807, 2.05) is 0 Å². The Kier molecular flexibility index (Phi) is 2.17. The van der Waals surface area contributed by atoms with Crippen LogP contribution in [0.5, 0.6) is 5.88 Å². The first-order valence-corrected chi connectivity index (χ1v) is 5.69. The summed E-state index contributed by atoms with van der Waals surface area (Å²) in [6.07, 6.45) is 0. The Balaban J connectivity index is 2.84. The highest BCUT2D eigenvalue weighted by Crippen LogP contribution is 2.35. The van der Waals surface area contributed by atoms with E-state index < -0.39 is 15.9 Å². The van der Waals surface area contributed by atoms with Gasteiger partial charge in [0.25, 0.3) is 0 Å². The number of hydrogen-bond donors (Lipinski definition) is 3. The monoisotopic (exact) mass is 241 g/mol. The smallest absolute Gasteiger partial charge is 0.238 e. The predicted octanol–water partition coefficient (Wildman–Crippen LogP) is 0.919. The van der Waals surface area contributed by atoms with Crippen molar-refractivity contribution in [2.75, 3.05) is 0 Å². The molecule has 0 aliphatic rings. The summed E-state index contributed by atoms with van der Waals surface area (Å²) < 4.78 is 22.2. The number of hydrogen-bond acceptors (Lipinski definition) is 5. The molecule has 0 atom stereocenters. The van der Waals surface area contributed by atoms with E-state index >= 15 is 0 Å². The summed E-state index contributed by atoms with van der Waals surface area (Å²) >= 11 is 0. The predicted molar refractivity (Wildman–Crippen MR) is 56.8 cm³/mol. The van der Waals surface area contributed by atoms with Crippen LogP contribution in [0, 0.1) is 4.91 Å². The van der Waals surface area contributed by atoms with Gasteiger partial charge in [-0.25, -0.2) is 13.6 Å². The highest BCUT2D eigenvalue weighted by atomic mass is 32.2. The molecule has 8 heteroatoms. The molecule has 0 aliphatic carbocycles. The molecule has 1 aromatic heterocycles. The number of fused-ring (bicyclic) bond motifs is 1. The van der Waals surface area contributed by atoms with Crippen molar-refractivity contribution in [1.82, 2.24) is 4.98 Å². The summed E-state index contributed by atoms with van der Waals surface area (Å²) in [6.45, 7) is 0. The van der Waals surface area contributed by atoms with Crippen LogP contribution in [-0.2, 0) is 10.0 Å². The highest BCUT2D eigenvalue weighted by molar-refractivity contribution is 7.89. The van der Waals surface area contributed by atoms with Crippen LogP contribution in [0.1, 0.15) is 0 Å². The average Bonchev–Trinajstić information content (AvgIpc) is 2.50. The molecule has 0 fully saturated rings. The maximum Gasteiger partial charge on any atom is 0.238 e. The van der Waals surface area contributed by atoms with Crippen molar-refractivity contribution in [1.29, 1.82) is 0 Å². The van der Waals surface area contributed by atoms with Gasteiger partial charge in [0.2, 0.25) is 15.9 Å². The molecule has 0 bridgehead atoms. The van der Waals surface area contributed by atoms with E-state index in [1.165, 1.54) is 18.2 Å². The number of nitrogens with one attached hydrogen (secondary N) is 1. The first kappa shape index (κ1) is 10.6. The number of nitroso groups, excluding NO2 is 1. The minimum absolute atomic E-state index is 0.149. The average molecular weight is 241 g/mol. The SMILES string of the molecule is NS(=O)(=O)c1ccc2[nH]c(O)c(N=O)c2c1. The fourth-order valence-electron chi connectivity index (χ4n) is 1.41. The van der Waals surface area contributed by atoms with Crippen LogP contribution in [0.4, 0.5) is 5.69 Å². The zero-order valence-corrected chi connectivity index (χ0v) is 8.65. The summed E-state index contributed by atoms with van der Waals surface area (Å²) in [5.74, 6) is -0.406. The molecule has 1 heterocycles. The second kappa shape index (κ2) is 3.29. The van der Waals surface area contributed by atoms with E-state index in [4.69, 9.17) is 5.14 Å². The number of aromatic nitrogens is 1. The standard InChI is InChI=1S/C8H7N3O4S/c9-16(14,15)4-1-2-6-5(3-4)7(11-13)8(12)10-6/h1-3,10,12H,(H2,9,14,15). The van der Waals surface area contributed by atoms with Gasteiger partial charge in [-0.2, -0.15) is 0 Å². The number of rotatable bonds is 2. The topological polar surface area (TPSA) is 126 Å². The molecule has 16 heavy (non-hydrogen) atoms. The van der Waals surface area contributed by atoms with Crippen LogP contribution in [0.15, 0.2) is 28.3 Å². The third kappa shape index (κ3) is 1.53. The molecule has 0 aliphatic heterocycles. The number of nitrogens with zero attached hydrogens (tertiary/aromatic N) is 1. The second-order valence-electron chi connectivity index (χ2n) is 3.17. The van der Waals surface area contributed by atoms with E-state index in [9.17, 15) is 18.4 Å². The van der Waals surface area contributed by atoms with Gasteiger partial charge in [0.1, 0.15) is 0 Å². The summed E-state index contributed by atoms with van der Waals surface area (Å²) in [6, 6.07) is 3.84. The van der Waals surface area contributed by atoms with Crippen molar-refractivity contribution < 1.29 is 13.5 Å². The lowest BCUT2D eigenvalue weighted by Gasteiger charge is -1.97. The molecular formula is C8H7N3O4S. The van der Waals surface area contributed by atoms with Gasteiger partial charge in [-0.1, -0.05) is 0 Å². The van der Waals surface area contributed by atoms with Crippen LogP contribution in [-0.4, -0.2) is 18.5 Å². The molecule has 0 amide bonds. The molecule has 0 spiro atoms. The molecule has 7 nitrogen and oxygen atoms in total. The molecule has 0 radical (unpaired) electrons. The molecule has 2 rings (SSSR count). The molecular weight excluding hydrogens is 234 g/mol. The summed E-state index contributed by atoms with van der Waals surface area (Å²) in [5.41, 5.74) is 0.167. The summed E-state index contributed by atoms with van der Waals surface area (Å²) in [7, 11) is -3.85. The maximum atomic E-state index is 11.1. The van der Waals surface area contributed by atoms with Crippen molar-refractivity contribution in [3.8, 4) is 5.88 Å². The van der Waals surface area contributed by atoms with Gasteiger partial charge in [-0.3, -0.25) is 0 Å². The minimum Gasteiger partial charge on any atom is -0.493 e. The van der Waals surface area contributed by atoms with Gasteiger partial charge >= 0.3 is 0 Å². The number of aromatic hydroxyl groups is 1. The Bertz CT molecular complexity index is 674. The number of primary sulfonamides is 1. The summed E-state index contributed by atoms with van der Waals surface area (Å²) in [5, 5.41) is 17.1. The van der Waals surface area contributed by atoms with Crippen LogP contribution < -0.4 is 5.14 Å². The minimum atomic E-state index is -3.85. The molecule has 4 N–H and O–H groups in total. The van der Waals surface area contributed by atoms with E-state index in [1.54, 1.807) is 0 Å². The van der Waals surface area contributed by atoms with E-state index in [0.717, 1.165) is 0 Å². The van der Waals surface area contributed by atoms with E-state index in [2.05, 4.69) is 10.2 Å². The van der Waals surface area contributed by atoms with Crippen LogP contribution >= 0.6 is 0 Å². The number of aromatic amines is 1. The van der Waals surface area contributed by atoms with Crippen molar-refractivity contribution in [2.45, 2.75) is 4.90 Å². The molecule has 2 aromatic rings. The highest BCUT2D eigenvalue weighted by Gasteiger charge is 2.15. The number of H-pyrrole nitrogens is 1. The van der Waals surface area contributed by atoms with Crippen molar-refractivity contribution in [3.05, 3.63) is 23.1 Å². The lowest BCUT2D eigenvalue weighted by molar-refractivity contribution is 0.460. The fraction of sp³-hybridized carbons (Fsp3) is 0. The Morgan fingerprint density at radius 1 is 1.38 bits per heavy atom. The number of sulfonamides is 1. The van der Waals surface area contributed by atoms with Gasteiger partial charge in [-0.15, -0.1) is 4.91 Å². The first-order chi connectivity index (χ1) is 7.43. The van der Waals surface area contributed by atoms with Gasteiger partial charge in [0, 0.05) is 5.39 Å². The maximum absolute atomic E-state index is 11.1. The van der Waals surface area contributed by atoms with Crippen LogP contribution in [0.25, 0.3) is 10.9 Å². The lowest BCUT2D eigenvalue weighted by atomic mass is 10.2. The molecule has 0 saturated carbocycles. The quantitative estimate of drug-likeness (QED) is 0.675. The Morgan fingerprint density at radius 3 is 2.62 bits per heavy atom. The third-order valence-corrected chi connectivity index (χ3v) is 3.05. The van der Waals surface area contributed by atoms with Gasteiger partial charge in [-0.05, 0) is 23.4 Å². The zero-order chi connectivity index (χ0) is 11.9.